The maximum absolute atomic E-state index is 3.78. The summed E-state index contributed by atoms with van der Waals surface area (Å²) in [5.41, 5.74) is 0.336. The third-order valence-electron chi connectivity index (χ3n) is 2.62. The summed E-state index contributed by atoms with van der Waals surface area (Å²) in [6.07, 6.45) is 5.15. The van der Waals surface area contributed by atoms with E-state index in [1.807, 2.05) is 12.2 Å². The molecule has 1 heteroatoms. The molecule has 0 saturated heterocycles. The van der Waals surface area contributed by atoms with E-state index in [0.717, 1.165) is 13.1 Å². The second-order valence-corrected chi connectivity index (χ2v) is 3.83. The summed E-state index contributed by atoms with van der Waals surface area (Å²) in [6, 6.07) is 0. The first kappa shape index (κ1) is 11.4. The Labute approximate surface area is 76.8 Å². The van der Waals surface area contributed by atoms with Crippen molar-refractivity contribution >= 4 is 0 Å². The molecule has 0 aromatic rings. The Balaban J connectivity index is 4.25. The molecule has 0 aromatic carbocycles. The third kappa shape index (κ3) is 3.22. The largest absolute Gasteiger partial charge is 0.324 e. The van der Waals surface area contributed by atoms with Crippen LogP contribution in [0.1, 0.15) is 27.2 Å². The quantitative estimate of drug-likeness (QED) is 0.572. The molecule has 0 aliphatic carbocycles. The molecule has 70 valence electrons. The van der Waals surface area contributed by atoms with Gasteiger partial charge in [-0.3, -0.25) is 0 Å². The third-order valence-corrected chi connectivity index (χ3v) is 2.62. The Morgan fingerprint density at radius 3 is 1.83 bits per heavy atom. The lowest BCUT2D eigenvalue weighted by Gasteiger charge is -2.33. The van der Waals surface area contributed by atoms with Crippen molar-refractivity contribution < 1.29 is 4.90 Å². The Morgan fingerprint density at radius 2 is 1.58 bits per heavy atom. The number of hydrogen-bond donors (Lipinski definition) is 1. The highest BCUT2D eigenvalue weighted by atomic mass is 15.2. The van der Waals surface area contributed by atoms with Crippen LogP contribution < -0.4 is 4.90 Å². The minimum absolute atomic E-state index is 0.336. The molecule has 0 fully saturated rings. The van der Waals surface area contributed by atoms with Gasteiger partial charge in [-0.15, -0.1) is 0 Å². The second kappa shape index (κ2) is 5.15. The number of hydrogen-bond acceptors (Lipinski definition) is 0. The summed E-state index contributed by atoms with van der Waals surface area (Å²) in [4.78, 5) is 1.54. The number of rotatable bonds is 6. The predicted molar refractivity (Wildman–Crippen MR) is 55.5 cm³/mol. The zero-order valence-electron chi connectivity index (χ0n) is 8.69. The van der Waals surface area contributed by atoms with E-state index >= 15 is 0 Å². The Bertz CT molecular complexity index is 137. The Morgan fingerprint density at radius 1 is 1.17 bits per heavy atom. The minimum atomic E-state index is 0.336. The van der Waals surface area contributed by atoms with Gasteiger partial charge in [0.1, 0.15) is 0 Å². The van der Waals surface area contributed by atoms with Gasteiger partial charge in [-0.1, -0.05) is 20.1 Å². The maximum atomic E-state index is 3.78. The Hall–Kier alpha value is -0.560. The summed E-state index contributed by atoms with van der Waals surface area (Å²) < 4.78 is 0. The first-order valence-corrected chi connectivity index (χ1v) is 4.65. The maximum Gasteiger partial charge on any atom is 0.0961 e. The summed E-state index contributed by atoms with van der Waals surface area (Å²) in [6.45, 7) is 16.4. The highest BCUT2D eigenvalue weighted by molar-refractivity contribution is 4.73. The molecule has 0 aromatic heterocycles. The van der Waals surface area contributed by atoms with E-state index in [-0.39, 0.29) is 0 Å². The molecule has 0 aliphatic rings. The van der Waals surface area contributed by atoms with Gasteiger partial charge in [-0.2, -0.15) is 0 Å². The van der Waals surface area contributed by atoms with E-state index in [4.69, 9.17) is 0 Å². The summed E-state index contributed by atoms with van der Waals surface area (Å²) >= 11 is 0. The molecule has 0 aliphatic heterocycles. The van der Waals surface area contributed by atoms with Crippen LogP contribution in [-0.4, -0.2) is 18.6 Å². The van der Waals surface area contributed by atoms with Gasteiger partial charge >= 0.3 is 0 Å². The highest BCUT2D eigenvalue weighted by Gasteiger charge is 2.26. The van der Waals surface area contributed by atoms with Crippen molar-refractivity contribution in [3.05, 3.63) is 25.3 Å². The van der Waals surface area contributed by atoms with Crippen molar-refractivity contribution in [2.75, 3.05) is 13.1 Å². The van der Waals surface area contributed by atoms with E-state index in [1.54, 1.807) is 0 Å². The van der Waals surface area contributed by atoms with Gasteiger partial charge in [0.15, 0.2) is 0 Å². The van der Waals surface area contributed by atoms with Gasteiger partial charge in [0.2, 0.25) is 0 Å². The van der Waals surface area contributed by atoms with Crippen LogP contribution in [0.2, 0.25) is 0 Å². The van der Waals surface area contributed by atoms with Crippen molar-refractivity contribution in [1.82, 2.24) is 0 Å². The molecule has 0 unspecified atom stereocenters. The fraction of sp³-hybridized carbons (Fsp3) is 0.636. The molecule has 0 rings (SSSR count). The van der Waals surface area contributed by atoms with E-state index in [2.05, 4.69) is 33.9 Å². The molecule has 0 radical (unpaired) electrons. The van der Waals surface area contributed by atoms with Crippen LogP contribution in [0, 0.1) is 0 Å². The molecule has 0 saturated carbocycles. The zero-order valence-corrected chi connectivity index (χ0v) is 8.69. The smallest absolute Gasteiger partial charge is 0.0961 e. The molecule has 0 heterocycles. The summed E-state index contributed by atoms with van der Waals surface area (Å²) in [7, 11) is 0. The highest BCUT2D eigenvalue weighted by Crippen LogP contribution is 2.01. The van der Waals surface area contributed by atoms with Gasteiger partial charge in [0.05, 0.1) is 18.6 Å². The first-order chi connectivity index (χ1) is 5.58. The molecular weight excluding hydrogens is 146 g/mol. The molecular formula is C11H22N+. The van der Waals surface area contributed by atoms with E-state index in [0.29, 0.717) is 5.54 Å². The molecule has 0 atom stereocenters. The number of nitrogens with one attached hydrogen (secondary N) is 1. The fourth-order valence-corrected chi connectivity index (χ4v) is 1.23. The van der Waals surface area contributed by atoms with Crippen molar-refractivity contribution in [1.29, 1.82) is 0 Å². The average Bonchev–Trinajstić information content (AvgIpc) is 2.04. The van der Waals surface area contributed by atoms with Crippen LogP contribution in [0.5, 0.6) is 0 Å². The molecule has 0 amide bonds. The molecule has 0 bridgehead atoms. The van der Waals surface area contributed by atoms with Crippen LogP contribution >= 0.6 is 0 Å². The van der Waals surface area contributed by atoms with Gasteiger partial charge in [0, 0.05) is 0 Å². The summed E-state index contributed by atoms with van der Waals surface area (Å²) in [5.74, 6) is 0. The summed E-state index contributed by atoms with van der Waals surface area (Å²) in [5, 5.41) is 0. The fourth-order valence-electron chi connectivity index (χ4n) is 1.23. The van der Waals surface area contributed by atoms with Crippen LogP contribution in [0.4, 0.5) is 0 Å². The molecule has 12 heavy (non-hydrogen) atoms. The SMILES string of the molecule is C=CC[NH+](CC=C)C(C)(C)CC. The zero-order chi connectivity index (χ0) is 9.61. The average molecular weight is 168 g/mol. The van der Waals surface area contributed by atoms with E-state index < -0.39 is 0 Å². The standard InChI is InChI=1S/C11H21N/c1-6-9-12(10-7-2)11(4,5)8-3/h6-7H,1-2,8-10H2,3-5H3/p+1. The van der Waals surface area contributed by atoms with Crippen molar-refractivity contribution in [2.24, 2.45) is 0 Å². The van der Waals surface area contributed by atoms with Crippen LogP contribution in [0.15, 0.2) is 25.3 Å². The molecule has 1 nitrogen and oxygen atoms in total. The van der Waals surface area contributed by atoms with Crippen molar-refractivity contribution in [2.45, 2.75) is 32.7 Å². The van der Waals surface area contributed by atoms with Crippen molar-refractivity contribution in [3.63, 3.8) is 0 Å². The van der Waals surface area contributed by atoms with Crippen LogP contribution in [-0.2, 0) is 0 Å². The van der Waals surface area contributed by atoms with Crippen molar-refractivity contribution in [3.8, 4) is 0 Å². The molecule has 0 spiro atoms. The lowest BCUT2D eigenvalue weighted by atomic mass is 9.99. The lowest BCUT2D eigenvalue weighted by molar-refractivity contribution is -0.938. The van der Waals surface area contributed by atoms with Crippen LogP contribution in [0.25, 0.3) is 0 Å². The Kier molecular flexibility index (Phi) is 4.91. The first-order valence-electron chi connectivity index (χ1n) is 4.65. The van der Waals surface area contributed by atoms with E-state index in [9.17, 15) is 0 Å². The van der Waals surface area contributed by atoms with Crippen LogP contribution in [0.3, 0.4) is 0 Å². The number of quaternary nitrogens is 1. The minimum Gasteiger partial charge on any atom is -0.324 e. The topological polar surface area (TPSA) is 4.44 Å². The second-order valence-electron chi connectivity index (χ2n) is 3.83. The van der Waals surface area contributed by atoms with Gasteiger partial charge in [-0.05, 0) is 32.4 Å². The van der Waals surface area contributed by atoms with E-state index in [1.165, 1.54) is 11.3 Å². The van der Waals surface area contributed by atoms with Gasteiger partial charge in [0.25, 0.3) is 0 Å². The lowest BCUT2D eigenvalue weighted by Crippen LogP contribution is -3.19. The van der Waals surface area contributed by atoms with Gasteiger partial charge < -0.3 is 4.90 Å². The van der Waals surface area contributed by atoms with Gasteiger partial charge in [-0.25, -0.2) is 0 Å². The molecule has 1 N–H and O–H groups in total. The normalized spacial score (nSPS) is 11.7. The monoisotopic (exact) mass is 168 g/mol. The predicted octanol–water partition coefficient (Wildman–Crippen LogP) is 1.43.